The summed E-state index contributed by atoms with van der Waals surface area (Å²) in [6, 6.07) is 5.30. The van der Waals surface area contributed by atoms with Gasteiger partial charge in [-0.3, -0.25) is 0 Å². The Morgan fingerprint density at radius 3 is 2.56 bits per heavy atom. The van der Waals surface area contributed by atoms with Gasteiger partial charge in [0.15, 0.2) is 0 Å². The molecular weight excluding hydrogens is 247 g/mol. The van der Waals surface area contributed by atoms with Gasteiger partial charge in [0.1, 0.15) is 5.69 Å². The summed E-state index contributed by atoms with van der Waals surface area (Å²) in [5, 5.41) is 16.1. The maximum absolute atomic E-state index is 12.7. The summed E-state index contributed by atoms with van der Waals surface area (Å²) in [6.45, 7) is -0.330. The maximum atomic E-state index is 12.7. The zero-order valence-corrected chi connectivity index (χ0v) is 9.22. The molecule has 1 aromatic heterocycles. The fourth-order valence-corrected chi connectivity index (χ4v) is 1.60. The first-order valence-electron chi connectivity index (χ1n) is 5.15. The molecule has 96 valence electrons. The Morgan fingerprint density at radius 1 is 1.22 bits per heavy atom. The number of hydrogen-bond donors (Lipinski definition) is 1. The Hall–Kier alpha value is -1.89. The monoisotopic (exact) mass is 257 g/mol. The zero-order valence-electron chi connectivity index (χ0n) is 9.22. The number of aliphatic hydroxyl groups is 1. The summed E-state index contributed by atoms with van der Waals surface area (Å²) in [5.74, 6) is 0. The number of halogens is 3. The highest BCUT2D eigenvalue weighted by atomic mass is 19.4. The van der Waals surface area contributed by atoms with Crippen molar-refractivity contribution in [3.8, 4) is 0 Å². The van der Waals surface area contributed by atoms with Crippen LogP contribution in [0.2, 0.25) is 0 Å². The fraction of sp³-hybridized carbons (Fsp3) is 0.273. The van der Waals surface area contributed by atoms with E-state index in [2.05, 4.69) is 10.3 Å². The first-order valence-corrected chi connectivity index (χ1v) is 5.15. The molecule has 2 aromatic rings. The van der Waals surface area contributed by atoms with Crippen molar-refractivity contribution in [2.75, 3.05) is 0 Å². The molecule has 2 rings (SSSR count). The Balaban J connectivity index is 2.29. The topological polar surface area (TPSA) is 50.9 Å². The van der Waals surface area contributed by atoms with Gasteiger partial charge < -0.3 is 5.11 Å². The predicted octanol–water partition coefficient (Wildman–Crippen LogP) is 1.84. The van der Waals surface area contributed by atoms with Crippen LogP contribution in [0.15, 0.2) is 30.5 Å². The van der Waals surface area contributed by atoms with Crippen molar-refractivity contribution in [1.29, 1.82) is 0 Å². The first kappa shape index (κ1) is 12.6. The van der Waals surface area contributed by atoms with Gasteiger partial charge in [-0.05, 0) is 11.6 Å². The van der Waals surface area contributed by atoms with Crippen molar-refractivity contribution >= 4 is 0 Å². The Kier molecular flexibility index (Phi) is 3.33. The van der Waals surface area contributed by atoms with E-state index >= 15 is 0 Å². The van der Waals surface area contributed by atoms with E-state index < -0.39 is 11.7 Å². The average Bonchev–Trinajstić information content (AvgIpc) is 2.76. The molecule has 0 aliphatic carbocycles. The summed E-state index contributed by atoms with van der Waals surface area (Å²) < 4.78 is 39.5. The lowest BCUT2D eigenvalue weighted by Gasteiger charge is -2.12. The van der Waals surface area contributed by atoms with Gasteiger partial charge in [-0.1, -0.05) is 23.4 Å². The second kappa shape index (κ2) is 4.77. The summed E-state index contributed by atoms with van der Waals surface area (Å²) in [4.78, 5) is 0. The molecule has 0 aliphatic heterocycles. The van der Waals surface area contributed by atoms with Gasteiger partial charge in [0.05, 0.1) is 24.9 Å². The number of benzene rings is 1. The lowest BCUT2D eigenvalue weighted by molar-refractivity contribution is -0.138. The molecule has 1 heterocycles. The second-order valence-corrected chi connectivity index (χ2v) is 3.72. The third-order valence-corrected chi connectivity index (χ3v) is 2.40. The molecule has 18 heavy (non-hydrogen) atoms. The van der Waals surface area contributed by atoms with Gasteiger partial charge in [-0.2, -0.15) is 13.2 Å². The predicted molar refractivity (Wildman–Crippen MR) is 56.5 cm³/mol. The van der Waals surface area contributed by atoms with Gasteiger partial charge in [-0.25, -0.2) is 4.68 Å². The van der Waals surface area contributed by atoms with E-state index in [1.54, 1.807) is 0 Å². The van der Waals surface area contributed by atoms with E-state index in [0.717, 1.165) is 6.07 Å². The van der Waals surface area contributed by atoms with Crippen LogP contribution in [0.3, 0.4) is 0 Å². The molecule has 0 bridgehead atoms. The third-order valence-electron chi connectivity index (χ3n) is 2.40. The minimum absolute atomic E-state index is 0.0390. The van der Waals surface area contributed by atoms with Crippen LogP contribution in [0.1, 0.15) is 16.8 Å². The van der Waals surface area contributed by atoms with Gasteiger partial charge >= 0.3 is 6.18 Å². The van der Waals surface area contributed by atoms with Crippen LogP contribution in [-0.4, -0.2) is 20.1 Å². The molecule has 0 atom stereocenters. The van der Waals surface area contributed by atoms with Crippen molar-refractivity contribution in [1.82, 2.24) is 15.0 Å². The molecule has 4 nitrogen and oxygen atoms in total. The van der Waals surface area contributed by atoms with Crippen LogP contribution in [0.5, 0.6) is 0 Å². The van der Waals surface area contributed by atoms with Crippen LogP contribution >= 0.6 is 0 Å². The molecular formula is C11H10F3N3O. The normalized spacial score (nSPS) is 11.8. The molecule has 1 N–H and O–H groups in total. The zero-order chi connectivity index (χ0) is 13.2. The lowest BCUT2D eigenvalue weighted by Crippen LogP contribution is -2.11. The summed E-state index contributed by atoms with van der Waals surface area (Å²) in [6.07, 6.45) is -2.98. The number of aliphatic hydroxyl groups excluding tert-OH is 1. The van der Waals surface area contributed by atoms with Gasteiger partial charge in [-0.15, -0.1) is 5.10 Å². The number of rotatable bonds is 3. The number of hydrogen-bond acceptors (Lipinski definition) is 3. The molecule has 0 aliphatic rings. The minimum atomic E-state index is -4.39. The van der Waals surface area contributed by atoms with Crippen molar-refractivity contribution < 1.29 is 18.3 Å². The van der Waals surface area contributed by atoms with Crippen molar-refractivity contribution in [3.05, 3.63) is 47.3 Å². The smallest absolute Gasteiger partial charge is 0.390 e. The van der Waals surface area contributed by atoms with E-state index in [4.69, 9.17) is 5.11 Å². The van der Waals surface area contributed by atoms with E-state index in [1.165, 1.54) is 29.1 Å². The van der Waals surface area contributed by atoms with E-state index in [1.807, 2.05) is 0 Å². The van der Waals surface area contributed by atoms with Crippen molar-refractivity contribution in [3.63, 3.8) is 0 Å². The van der Waals surface area contributed by atoms with Crippen molar-refractivity contribution in [2.24, 2.45) is 0 Å². The molecule has 0 radical (unpaired) electrons. The quantitative estimate of drug-likeness (QED) is 0.912. The minimum Gasteiger partial charge on any atom is -0.390 e. The third kappa shape index (κ3) is 2.67. The number of nitrogens with zero attached hydrogens (tertiary/aromatic N) is 3. The van der Waals surface area contributed by atoms with Crippen LogP contribution < -0.4 is 0 Å². The molecule has 1 aromatic carbocycles. The van der Waals surface area contributed by atoms with Gasteiger partial charge in [0.25, 0.3) is 0 Å². The molecule has 0 amide bonds. The summed E-state index contributed by atoms with van der Waals surface area (Å²) in [5.41, 5.74) is -0.259. The Bertz CT molecular complexity index is 536. The fourth-order valence-electron chi connectivity index (χ4n) is 1.60. The lowest BCUT2D eigenvalue weighted by atomic mass is 10.1. The van der Waals surface area contributed by atoms with E-state index in [9.17, 15) is 13.2 Å². The maximum Gasteiger partial charge on any atom is 0.416 e. The van der Waals surface area contributed by atoms with E-state index in [0.29, 0.717) is 5.69 Å². The summed E-state index contributed by atoms with van der Waals surface area (Å²) in [7, 11) is 0. The summed E-state index contributed by atoms with van der Waals surface area (Å²) >= 11 is 0. The number of aromatic nitrogens is 3. The van der Waals surface area contributed by atoms with Crippen molar-refractivity contribution in [2.45, 2.75) is 19.3 Å². The van der Waals surface area contributed by atoms with Crippen LogP contribution in [0, 0.1) is 0 Å². The average molecular weight is 257 g/mol. The molecule has 0 fully saturated rings. The second-order valence-electron chi connectivity index (χ2n) is 3.72. The molecule has 0 spiro atoms. The van der Waals surface area contributed by atoms with Crippen LogP contribution in [-0.2, 0) is 19.3 Å². The molecule has 7 heteroatoms. The largest absolute Gasteiger partial charge is 0.416 e. The van der Waals surface area contributed by atoms with Gasteiger partial charge in [0, 0.05) is 0 Å². The Morgan fingerprint density at radius 2 is 1.94 bits per heavy atom. The molecule has 0 saturated carbocycles. The first-order chi connectivity index (χ1) is 8.50. The molecule has 0 saturated heterocycles. The van der Waals surface area contributed by atoms with E-state index in [-0.39, 0.29) is 18.7 Å². The van der Waals surface area contributed by atoms with Crippen LogP contribution in [0.4, 0.5) is 13.2 Å². The standard InChI is InChI=1S/C11H10F3N3O/c12-11(13,14)10-4-2-1-3-8(10)5-17-6-9(7-18)15-16-17/h1-4,6,18H,5,7H2. The highest BCUT2D eigenvalue weighted by Crippen LogP contribution is 2.32. The molecule has 0 unspecified atom stereocenters. The highest BCUT2D eigenvalue weighted by molar-refractivity contribution is 5.29. The SMILES string of the molecule is OCc1cn(Cc2ccccc2C(F)(F)F)nn1. The van der Waals surface area contributed by atoms with Crippen LogP contribution in [0.25, 0.3) is 0 Å². The number of alkyl halides is 3. The Labute approximate surface area is 101 Å². The van der Waals surface area contributed by atoms with Gasteiger partial charge in [0.2, 0.25) is 0 Å². The highest BCUT2D eigenvalue weighted by Gasteiger charge is 2.32.